The van der Waals surface area contributed by atoms with Gasteiger partial charge in [0, 0.05) is 39.7 Å². The van der Waals surface area contributed by atoms with Gasteiger partial charge in [-0.3, -0.25) is 4.79 Å². The number of amides is 1. The fourth-order valence-corrected chi connectivity index (χ4v) is 3.81. The zero-order valence-corrected chi connectivity index (χ0v) is 13.5. The zero-order valence-electron chi connectivity index (χ0n) is 12.7. The first kappa shape index (κ1) is 15.0. The van der Waals surface area contributed by atoms with Crippen LogP contribution in [-0.4, -0.2) is 22.4 Å². The van der Waals surface area contributed by atoms with Crippen molar-refractivity contribution in [2.45, 2.75) is 11.3 Å². The Morgan fingerprint density at radius 2 is 2.12 bits per heavy atom. The van der Waals surface area contributed by atoms with Gasteiger partial charge in [-0.05, 0) is 24.3 Å². The molecule has 0 saturated carbocycles. The van der Waals surface area contributed by atoms with Crippen LogP contribution in [0.25, 0.3) is 10.9 Å². The third-order valence-corrected chi connectivity index (χ3v) is 5.05. The molecule has 0 fully saturated rings. The van der Waals surface area contributed by atoms with Crippen LogP contribution in [0.4, 0.5) is 4.39 Å². The Labute approximate surface area is 142 Å². The molecule has 6 heteroatoms. The second-order valence-corrected chi connectivity index (χ2v) is 6.62. The minimum atomic E-state index is -0.299. The quantitative estimate of drug-likeness (QED) is 0.695. The molecule has 120 valence electrons. The summed E-state index contributed by atoms with van der Waals surface area (Å²) in [6, 6.07) is 12.3. The van der Waals surface area contributed by atoms with Crippen LogP contribution in [0, 0.1) is 5.82 Å². The van der Waals surface area contributed by atoms with Gasteiger partial charge in [0.25, 0.3) is 5.91 Å². The number of thioether (sulfide) groups is 1. The number of hydrazone groups is 1. The number of aromatic nitrogens is 1. The molecule has 3 aromatic rings. The Hall–Kier alpha value is -2.60. The smallest absolute Gasteiger partial charge is 0.273 e. The standard InChI is InChI=1S/C18H14FN3OS/c19-11-5-6-17-13(9-11)16(7-8-24-17)21-22-18(23)14-10-20-15-4-2-1-3-12(14)15/h1-6,9-10,20H,7-8H2,(H,22,23). The van der Waals surface area contributed by atoms with E-state index in [1.165, 1.54) is 12.1 Å². The molecule has 2 aromatic carbocycles. The van der Waals surface area contributed by atoms with Gasteiger partial charge < -0.3 is 4.98 Å². The van der Waals surface area contributed by atoms with E-state index in [1.54, 1.807) is 24.0 Å². The first-order chi connectivity index (χ1) is 11.7. The highest BCUT2D eigenvalue weighted by Gasteiger charge is 2.18. The van der Waals surface area contributed by atoms with Gasteiger partial charge in [-0.1, -0.05) is 18.2 Å². The number of halogens is 1. The van der Waals surface area contributed by atoms with Crippen molar-refractivity contribution in [3.05, 3.63) is 65.6 Å². The van der Waals surface area contributed by atoms with Crippen LogP contribution in [0.3, 0.4) is 0 Å². The molecule has 0 unspecified atom stereocenters. The van der Waals surface area contributed by atoms with E-state index in [0.717, 1.165) is 27.1 Å². The van der Waals surface area contributed by atoms with E-state index in [9.17, 15) is 9.18 Å². The highest BCUT2D eigenvalue weighted by atomic mass is 32.2. The molecule has 0 aliphatic carbocycles. The zero-order chi connectivity index (χ0) is 16.5. The lowest BCUT2D eigenvalue weighted by Gasteiger charge is -2.17. The molecule has 4 rings (SSSR count). The molecule has 1 aliphatic heterocycles. The number of carbonyl (C=O) groups excluding carboxylic acids is 1. The fraction of sp³-hybridized carbons (Fsp3) is 0.111. The monoisotopic (exact) mass is 339 g/mol. The number of hydrogen-bond acceptors (Lipinski definition) is 3. The van der Waals surface area contributed by atoms with Gasteiger partial charge in [-0.2, -0.15) is 5.10 Å². The average molecular weight is 339 g/mol. The van der Waals surface area contributed by atoms with Crippen molar-refractivity contribution < 1.29 is 9.18 Å². The predicted molar refractivity (Wildman–Crippen MR) is 94.0 cm³/mol. The molecular formula is C18H14FN3OS. The van der Waals surface area contributed by atoms with E-state index >= 15 is 0 Å². The van der Waals surface area contributed by atoms with Crippen molar-refractivity contribution in [3.63, 3.8) is 0 Å². The second-order valence-electron chi connectivity index (χ2n) is 5.49. The van der Waals surface area contributed by atoms with Gasteiger partial charge in [-0.25, -0.2) is 9.82 Å². The van der Waals surface area contributed by atoms with E-state index in [0.29, 0.717) is 17.7 Å². The van der Waals surface area contributed by atoms with E-state index in [-0.39, 0.29) is 11.7 Å². The molecule has 4 nitrogen and oxygen atoms in total. The number of aromatic amines is 1. The Balaban J connectivity index is 1.62. The Kier molecular flexibility index (Phi) is 3.82. The lowest BCUT2D eigenvalue weighted by Crippen LogP contribution is -2.21. The van der Waals surface area contributed by atoms with Gasteiger partial charge in [0.1, 0.15) is 5.82 Å². The van der Waals surface area contributed by atoms with Crippen molar-refractivity contribution in [3.8, 4) is 0 Å². The number of fused-ring (bicyclic) bond motifs is 2. The summed E-state index contributed by atoms with van der Waals surface area (Å²) in [5.74, 6) is 0.281. The van der Waals surface area contributed by atoms with Crippen LogP contribution in [-0.2, 0) is 0 Å². The maximum Gasteiger partial charge on any atom is 0.273 e. The topological polar surface area (TPSA) is 57.2 Å². The number of hydrogen-bond donors (Lipinski definition) is 2. The number of para-hydroxylation sites is 1. The van der Waals surface area contributed by atoms with Crippen LogP contribution >= 0.6 is 11.8 Å². The van der Waals surface area contributed by atoms with Crippen molar-refractivity contribution in [1.29, 1.82) is 0 Å². The molecule has 1 amide bonds. The highest BCUT2D eigenvalue weighted by molar-refractivity contribution is 7.99. The van der Waals surface area contributed by atoms with E-state index in [2.05, 4.69) is 15.5 Å². The number of rotatable bonds is 2. The van der Waals surface area contributed by atoms with Crippen LogP contribution < -0.4 is 5.43 Å². The molecule has 1 aromatic heterocycles. The Morgan fingerprint density at radius 1 is 1.25 bits per heavy atom. The van der Waals surface area contributed by atoms with Crippen molar-refractivity contribution >= 4 is 34.3 Å². The lowest BCUT2D eigenvalue weighted by atomic mass is 10.1. The third-order valence-electron chi connectivity index (χ3n) is 3.98. The van der Waals surface area contributed by atoms with Crippen LogP contribution in [0.1, 0.15) is 22.3 Å². The molecule has 0 bridgehead atoms. The summed E-state index contributed by atoms with van der Waals surface area (Å²) in [6.07, 6.45) is 2.36. The summed E-state index contributed by atoms with van der Waals surface area (Å²) < 4.78 is 13.5. The molecule has 2 heterocycles. The summed E-state index contributed by atoms with van der Waals surface area (Å²) in [4.78, 5) is 16.5. The van der Waals surface area contributed by atoms with E-state index in [4.69, 9.17) is 0 Å². The average Bonchev–Trinajstić information content (AvgIpc) is 3.04. The van der Waals surface area contributed by atoms with Crippen LogP contribution in [0.2, 0.25) is 0 Å². The number of nitrogens with one attached hydrogen (secondary N) is 2. The van der Waals surface area contributed by atoms with Crippen LogP contribution in [0.15, 0.2) is 58.7 Å². The molecule has 2 N–H and O–H groups in total. The highest BCUT2D eigenvalue weighted by Crippen LogP contribution is 2.30. The summed E-state index contributed by atoms with van der Waals surface area (Å²) >= 11 is 1.67. The molecule has 0 atom stereocenters. The van der Waals surface area contributed by atoms with Gasteiger partial charge in [-0.15, -0.1) is 11.8 Å². The molecule has 0 spiro atoms. The van der Waals surface area contributed by atoms with Gasteiger partial charge in [0.2, 0.25) is 0 Å². The Bertz CT molecular complexity index is 964. The molecule has 1 aliphatic rings. The Morgan fingerprint density at radius 3 is 3.04 bits per heavy atom. The lowest BCUT2D eigenvalue weighted by molar-refractivity contribution is 0.0956. The first-order valence-electron chi connectivity index (χ1n) is 7.58. The summed E-state index contributed by atoms with van der Waals surface area (Å²) in [5.41, 5.74) is 5.51. The van der Waals surface area contributed by atoms with Crippen molar-refractivity contribution in [1.82, 2.24) is 10.4 Å². The maximum atomic E-state index is 13.5. The molecule has 24 heavy (non-hydrogen) atoms. The molecule has 0 saturated heterocycles. The number of H-pyrrole nitrogens is 1. The van der Waals surface area contributed by atoms with E-state index in [1.807, 2.05) is 24.3 Å². The maximum absolute atomic E-state index is 13.5. The number of benzene rings is 2. The van der Waals surface area contributed by atoms with Crippen LogP contribution in [0.5, 0.6) is 0 Å². The second kappa shape index (κ2) is 6.13. The van der Waals surface area contributed by atoms with E-state index < -0.39 is 0 Å². The van der Waals surface area contributed by atoms with Gasteiger partial charge in [0.05, 0.1) is 11.3 Å². The van der Waals surface area contributed by atoms with Gasteiger partial charge >= 0.3 is 0 Å². The van der Waals surface area contributed by atoms with Crippen molar-refractivity contribution in [2.24, 2.45) is 5.10 Å². The molecule has 0 radical (unpaired) electrons. The van der Waals surface area contributed by atoms with Crippen molar-refractivity contribution in [2.75, 3.05) is 5.75 Å². The summed E-state index contributed by atoms with van der Waals surface area (Å²) in [7, 11) is 0. The molecular weight excluding hydrogens is 325 g/mol. The minimum absolute atomic E-state index is 0.281. The third kappa shape index (κ3) is 2.69. The first-order valence-corrected chi connectivity index (χ1v) is 8.57. The summed E-state index contributed by atoms with van der Waals surface area (Å²) in [6.45, 7) is 0. The largest absolute Gasteiger partial charge is 0.360 e. The van der Waals surface area contributed by atoms with Gasteiger partial charge in [0.15, 0.2) is 0 Å². The SMILES string of the molecule is O=C(NN=C1CCSc2ccc(F)cc21)c1c[nH]c2ccccc12. The number of nitrogens with zero attached hydrogens (tertiary/aromatic N) is 1. The normalized spacial score (nSPS) is 15.5. The number of carbonyl (C=O) groups is 1. The summed E-state index contributed by atoms with van der Waals surface area (Å²) in [5, 5.41) is 5.10. The minimum Gasteiger partial charge on any atom is -0.360 e. The fourth-order valence-electron chi connectivity index (χ4n) is 2.80. The predicted octanol–water partition coefficient (Wildman–Crippen LogP) is 3.94.